The lowest BCUT2D eigenvalue weighted by atomic mass is 10.0. The average Bonchev–Trinajstić information content (AvgIpc) is 2.38. The van der Waals surface area contributed by atoms with Gasteiger partial charge >= 0.3 is 0 Å². The summed E-state index contributed by atoms with van der Waals surface area (Å²) in [6.45, 7) is 11.0. The zero-order valence-electron chi connectivity index (χ0n) is 12.6. The van der Waals surface area contributed by atoms with Crippen molar-refractivity contribution in [1.29, 1.82) is 0 Å². The Balaban J connectivity index is 2.33. The van der Waals surface area contributed by atoms with Gasteiger partial charge in [-0.25, -0.2) is 0 Å². The SMILES string of the molecule is CCC(C)N(C)CCN=C1NC(C(C)C)CCS1. The maximum Gasteiger partial charge on any atom is 0.156 e. The molecule has 2 unspecified atom stereocenters. The molecule has 1 saturated heterocycles. The van der Waals surface area contributed by atoms with Crippen molar-refractivity contribution in [1.82, 2.24) is 10.2 Å². The van der Waals surface area contributed by atoms with Crippen molar-refractivity contribution in [3.8, 4) is 0 Å². The van der Waals surface area contributed by atoms with Gasteiger partial charge in [-0.2, -0.15) is 0 Å². The van der Waals surface area contributed by atoms with Gasteiger partial charge in [-0.1, -0.05) is 32.5 Å². The predicted molar refractivity (Wildman–Crippen MR) is 83.5 cm³/mol. The van der Waals surface area contributed by atoms with Crippen molar-refractivity contribution in [2.45, 2.75) is 52.6 Å². The number of likely N-dealkylation sites (N-methyl/N-ethyl adjacent to an activating group) is 1. The Kier molecular flexibility index (Phi) is 7.08. The van der Waals surface area contributed by atoms with Crippen LogP contribution >= 0.6 is 11.8 Å². The third-order valence-electron chi connectivity index (χ3n) is 3.83. The summed E-state index contributed by atoms with van der Waals surface area (Å²) in [4.78, 5) is 7.09. The van der Waals surface area contributed by atoms with E-state index in [-0.39, 0.29) is 0 Å². The Morgan fingerprint density at radius 3 is 2.78 bits per heavy atom. The van der Waals surface area contributed by atoms with Crippen LogP contribution in [0.5, 0.6) is 0 Å². The van der Waals surface area contributed by atoms with Crippen molar-refractivity contribution >= 4 is 16.9 Å². The minimum atomic E-state index is 0.609. The van der Waals surface area contributed by atoms with E-state index in [1.165, 1.54) is 18.6 Å². The number of nitrogens with zero attached hydrogens (tertiary/aromatic N) is 2. The largest absolute Gasteiger partial charge is 0.362 e. The minimum Gasteiger partial charge on any atom is -0.362 e. The molecule has 0 aromatic rings. The highest BCUT2D eigenvalue weighted by Gasteiger charge is 2.19. The number of aliphatic imine (C=N–C) groups is 1. The van der Waals surface area contributed by atoms with Crippen molar-refractivity contribution in [3.63, 3.8) is 0 Å². The molecule has 0 radical (unpaired) electrons. The third-order valence-corrected chi connectivity index (χ3v) is 4.79. The maximum atomic E-state index is 4.70. The highest BCUT2D eigenvalue weighted by molar-refractivity contribution is 8.13. The quantitative estimate of drug-likeness (QED) is 0.805. The molecule has 0 aliphatic carbocycles. The second-order valence-electron chi connectivity index (χ2n) is 5.56. The lowest BCUT2D eigenvalue weighted by Crippen LogP contribution is -2.41. The molecule has 1 aliphatic heterocycles. The first kappa shape index (κ1) is 15.8. The Morgan fingerprint density at radius 2 is 2.17 bits per heavy atom. The molecular weight excluding hydrogens is 242 g/mol. The molecule has 1 rings (SSSR count). The second-order valence-corrected chi connectivity index (χ2v) is 6.64. The van der Waals surface area contributed by atoms with E-state index in [4.69, 9.17) is 4.99 Å². The molecule has 106 valence electrons. The van der Waals surface area contributed by atoms with Gasteiger partial charge in [-0.05, 0) is 32.7 Å². The molecule has 0 bridgehead atoms. The van der Waals surface area contributed by atoms with E-state index < -0.39 is 0 Å². The zero-order chi connectivity index (χ0) is 13.5. The Hall–Kier alpha value is -0.220. The lowest BCUT2D eigenvalue weighted by molar-refractivity contribution is 0.259. The van der Waals surface area contributed by atoms with E-state index in [2.05, 4.69) is 45.0 Å². The van der Waals surface area contributed by atoms with Gasteiger partial charge in [0.15, 0.2) is 5.17 Å². The Morgan fingerprint density at radius 1 is 1.44 bits per heavy atom. The summed E-state index contributed by atoms with van der Waals surface area (Å²) in [5.74, 6) is 1.90. The fourth-order valence-electron chi connectivity index (χ4n) is 1.99. The fraction of sp³-hybridized carbons (Fsp3) is 0.929. The zero-order valence-corrected chi connectivity index (χ0v) is 13.4. The Labute approximate surface area is 117 Å². The summed E-state index contributed by atoms with van der Waals surface area (Å²) < 4.78 is 0. The van der Waals surface area contributed by atoms with E-state index in [1.807, 2.05) is 11.8 Å². The molecule has 1 heterocycles. The smallest absolute Gasteiger partial charge is 0.156 e. The van der Waals surface area contributed by atoms with Crippen molar-refractivity contribution in [3.05, 3.63) is 0 Å². The molecule has 0 aromatic heterocycles. The molecule has 0 spiro atoms. The average molecular weight is 271 g/mol. The topological polar surface area (TPSA) is 27.6 Å². The molecule has 3 nitrogen and oxygen atoms in total. The van der Waals surface area contributed by atoms with E-state index in [0.29, 0.717) is 18.0 Å². The van der Waals surface area contributed by atoms with E-state index in [1.54, 1.807) is 0 Å². The lowest BCUT2D eigenvalue weighted by Gasteiger charge is -2.28. The summed E-state index contributed by atoms with van der Waals surface area (Å²) in [6.07, 6.45) is 2.46. The molecule has 4 heteroatoms. The molecule has 1 N–H and O–H groups in total. The first-order chi connectivity index (χ1) is 8.54. The highest BCUT2D eigenvalue weighted by Crippen LogP contribution is 2.18. The summed E-state index contributed by atoms with van der Waals surface area (Å²) in [6, 6.07) is 1.26. The van der Waals surface area contributed by atoms with Gasteiger partial charge in [0.2, 0.25) is 0 Å². The van der Waals surface area contributed by atoms with E-state index in [0.717, 1.165) is 18.3 Å². The van der Waals surface area contributed by atoms with Crippen LogP contribution < -0.4 is 5.32 Å². The van der Waals surface area contributed by atoms with Crippen LogP contribution in [-0.4, -0.2) is 48.0 Å². The van der Waals surface area contributed by atoms with Crippen molar-refractivity contribution in [2.75, 3.05) is 25.9 Å². The maximum absolute atomic E-state index is 4.70. The fourth-order valence-corrected chi connectivity index (χ4v) is 2.97. The highest BCUT2D eigenvalue weighted by atomic mass is 32.2. The number of hydrogen-bond donors (Lipinski definition) is 1. The first-order valence-electron chi connectivity index (χ1n) is 7.18. The second kappa shape index (κ2) is 8.05. The van der Waals surface area contributed by atoms with Crippen LogP contribution in [0.4, 0.5) is 0 Å². The van der Waals surface area contributed by atoms with Crippen LogP contribution in [0.25, 0.3) is 0 Å². The summed E-state index contributed by atoms with van der Waals surface area (Å²) in [5.41, 5.74) is 0. The van der Waals surface area contributed by atoms with Gasteiger partial charge in [-0.3, -0.25) is 4.99 Å². The summed E-state index contributed by atoms with van der Waals surface area (Å²) >= 11 is 1.87. The van der Waals surface area contributed by atoms with Crippen LogP contribution in [0.3, 0.4) is 0 Å². The van der Waals surface area contributed by atoms with Gasteiger partial charge in [0.25, 0.3) is 0 Å². The van der Waals surface area contributed by atoms with Gasteiger partial charge < -0.3 is 10.2 Å². The van der Waals surface area contributed by atoms with Crippen LogP contribution in [0.15, 0.2) is 4.99 Å². The summed E-state index contributed by atoms with van der Waals surface area (Å²) in [5, 5.41) is 4.71. The minimum absolute atomic E-state index is 0.609. The molecule has 0 saturated carbocycles. The van der Waals surface area contributed by atoms with Crippen LogP contribution in [0.2, 0.25) is 0 Å². The van der Waals surface area contributed by atoms with Crippen LogP contribution in [0.1, 0.15) is 40.5 Å². The van der Waals surface area contributed by atoms with E-state index >= 15 is 0 Å². The molecule has 0 amide bonds. The molecule has 1 aliphatic rings. The number of amidine groups is 1. The predicted octanol–water partition coefficient (Wildman–Crippen LogP) is 2.82. The van der Waals surface area contributed by atoms with E-state index in [9.17, 15) is 0 Å². The normalized spacial score (nSPS) is 24.6. The number of thioether (sulfide) groups is 1. The standard InChI is InChI=1S/C14H29N3S/c1-6-12(4)17(5)9-8-15-14-16-13(11(2)3)7-10-18-14/h11-13H,6-10H2,1-5H3,(H,15,16). The monoisotopic (exact) mass is 271 g/mol. The van der Waals surface area contributed by atoms with Crippen LogP contribution in [0, 0.1) is 5.92 Å². The first-order valence-corrected chi connectivity index (χ1v) is 8.17. The molecule has 2 atom stereocenters. The van der Waals surface area contributed by atoms with Crippen molar-refractivity contribution in [2.24, 2.45) is 10.9 Å². The third kappa shape index (κ3) is 5.19. The Bertz CT molecular complexity index is 266. The number of nitrogens with one attached hydrogen (secondary N) is 1. The van der Waals surface area contributed by atoms with Gasteiger partial charge in [-0.15, -0.1) is 0 Å². The van der Waals surface area contributed by atoms with Gasteiger partial charge in [0.05, 0.1) is 6.54 Å². The molecule has 0 aromatic carbocycles. The molecule has 1 fully saturated rings. The van der Waals surface area contributed by atoms with Gasteiger partial charge in [0, 0.05) is 24.4 Å². The van der Waals surface area contributed by atoms with Crippen molar-refractivity contribution < 1.29 is 0 Å². The number of rotatable bonds is 6. The number of hydrogen-bond acceptors (Lipinski definition) is 3. The molecular formula is C14H29N3S. The molecule has 18 heavy (non-hydrogen) atoms. The summed E-state index contributed by atoms with van der Waals surface area (Å²) in [7, 11) is 2.19. The van der Waals surface area contributed by atoms with Gasteiger partial charge in [0.1, 0.15) is 0 Å². The van der Waals surface area contributed by atoms with Crippen LogP contribution in [-0.2, 0) is 0 Å².